The second kappa shape index (κ2) is 6.20. The number of nitrogens with zero attached hydrogens (tertiary/aromatic N) is 2. The van der Waals surface area contributed by atoms with Crippen LogP contribution in [0.3, 0.4) is 0 Å². The molecule has 2 rings (SSSR count). The molecule has 1 amide bonds. The minimum absolute atomic E-state index is 0.280. The highest BCUT2D eigenvalue weighted by Gasteiger charge is 2.44. The highest BCUT2D eigenvalue weighted by molar-refractivity contribution is 5.83. The highest BCUT2D eigenvalue weighted by Crippen LogP contribution is 2.29. The van der Waals surface area contributed by atoms with Gasteiger partial charge in [0.2, 0.25) is 5.91 Å². The molecule has 5 nitrogen and oxygen atoms in total. The second-order valence-corrected chi connectivity index (χ2v) is 6.06. The number of carbonyl (C=O) groups excluding carboxylic acids is 1. The molecule has 0 radical (unpaired) electrons. The van der Waals surface area contributed by atoms with E-state index < -0.39 is 0 Å². The van der Waals surface area contributed by atoms with Crippen molar-refractivity contribution in [3.8, 4) is 0 Å². The molecule has 1 N–H and O–H groups in total. The Morgan fingerprint density at radius 2 is 2.00 bits per heavy atom. The van der Waals surface area contributed by atoms with Gasteiger partial charge in [-0.05, 0) is 26.8 Å². The van der Waals surface area contributed by atoms with E-state index >= 15 is 0 Å². The van der Waals surface area contributed by atoms with Crippen molar-refractivity contribution in [2.24, 2.45) is 5.41 Å². The van der Waals surface area contributed by atoms with Gasteiger partial charge in [0.25, 0.3) is 0 Å². The van der Waals surface area contributed by atoms with Crippen molar-refractivity contribution in [2.75, 3.05) is 53.0 Å². The summed E-state index contributed by atoms with van der Waals surface area (Å²) in [4.78, 5) is 17.2. The van der Waals surface area contributed by atoms with Gasteiger partial charge in [-0.2, -0.15) is 0 Å². The van der Waals surface area contributed by atoms with Crippen LogP contribution in [0.25, 0.3) is 0 Å². The second-order valence-electron chi connectivity index (χ2n) is 6.06. The lowest BCUT2D eigenvalue weighted by molar-refractivity contribution is -0.146. The summed E-state index contributed by atoms with van der Waals surface area (Å²) in [5.74, 6) is 0.280. The molecule has 2 heterocycles. The van der Waals surface area contributed by atoms with Gasteiger partial charge in [-0.1, -0.05) is 0 Å². The maximum Gasteiger partial charge on any atom is 0.232 e. The number of rotatable bonds is 4. The Bertz CT molecular complexity index is 306. The standard InChI is InChI=1S/C14H27N3O2/c1-12(2)16-6-8-17(9-7-16)13(18)14(11-19-3)4-5-15-10-14/h12,15H,4-11H2,1-3H3. The largest absolute Gasteiger partial charge is 0.384 e. The van der Waals surface area contributed by atoms with Crippen LogP contribution in [-0.4, -0.2) is 74.7 Å². The average molecular weight is 269 g/mol. The Balaban J connectivity index is 1.96. The van der Waals surface area contributed by atoms with Crippen molar-refractivity contribution in [1.29, 1.82) is 0 Å². The number of nitrogens with one attached hydrogen (secondary N) is 1. The maximum absolute atomic E-state index is 12.8. The lowest BCUT2D eigenvalue weighted by Gasteiger charge is -2.40. The summed E-state index contributed by atoms with van der Waals surface area (Å²) in [5, 5.41) is 3.31. The molecule has 1 atom stereocenters. The van der Waals surface area contributed by atoms with E-state index in [4.69, 9.17) is 4.74 Å². The van der Waals surface area contributed by atoms with Crippen LogP contribution in [0.1, 0.15) is 20.3 Å². The summed E-state index contributed by atoms with van der Waals surface area (Å²) in [6, 6.07) is 0.568. The van der Waals surface area contributed by atoms with E-state index in [1.165, 1.54) is 0 Å². The Morgan fingerprint density at radius 1 is 1.32 bits per heavy atom. The van der Waals surface area contributed by atoms with Gasteiger partial charge in [-0.3, -0.25) is 9.69 Å². The summed E-state index contributed by atoms with van der Waals surface area (Å²) < 4.78 is 5.30. The van der Waals surface area contributed by atoms with Gasteiger partial charge in [0, 0.05) is 45.9 Å². The molecule has 2 aliphatic rings. The van der Waals surface area contributed by atoms with Crippen LogP contribution in [0.4, 0.5) is 0 Å². The summed E-state index contributed by atoms with van der Waals surface area (Å²) >= 11 is 0. The van der Waals surface area contributed by atoms with E-state index in [-0.39, 0.29) is 11.3 Å². The number of carbonyl (C=O) groups is 1. The van der Waals surface area contributed by atoms with E-state index in [9.17, 15) is 4.79 Å². The van der Waals surface area contributed by atoms with Gasteiger partial charge in [-0.25, -0.2) is 0 Å². The van der Waals surface area contributed by atoms with E-state index in [1.807, 2.05) is 4.90 Å². The van der Waals surface area contributed by atoms with Gasteiger partial charge >= 0.3 is 0 Å². The zero-order chi connectivity index (χ0) is 13.9. The molecule has 5 heteroatoms. The van der Waals surface area contributed by atoms with Crippen LogP contribution >= 0.6 is 0 Å². The zero-order valence-corrected chi connectivity index (χ0v) is 12.4. The van der Waals surface area contributed by atoms with E-state index in [0.717, 1.165) is 45.7 Å². The molecule has 110 valence electrons. The molecule has 2 saturated heterocycles. The van der Waals surface area contributed by atoms with Crippen molar-refractivity contribution in [2.45, 2.75) is 26.3 Å². The highest BCUT2D eigenvalue weighted by atomic mass is 16.5. The van der Waals surface area contributed by atoms with Gasteiger partial charge in [0.05, 0.1) is 12.0 Å². The first-order chi connectivity index (χ1) is 9.09. The minimum atomic E-state index is -0.325. The molecule has 2 fully saturated rings. The lowest BCUT2D eigenvalue weighted by atomic mass is 9.86. The van der Waals surface area contributed by atoms with Crippen LogP contribution in [0, 0.1) is 5.41 Å². The summed E-state index contributed by atoms with van der Waals surface area (Å²) in [6.07, 6.45) is 0.893. The number of methoxy groups -OCH3 is 1. The summed E-state index contributed by atoms with van der Waals surface area (Å²) in [5.41, 5.74) is -0.325. The van der Waals surface area contributed by atoms with E-state index in [0.29, 0.717) is 12.6 Å². The van der Waals surface area contributed by atoms with Crippen LogP contribution < -0.4 is 5.32 Å². The SMILES string of the molecule is COCC1(C(=O)N2CCN(C(C)C)CC2)CCNC1. The van der Waals surface area contributed by atoms with E-state index in [1.54, 1.807) is 7.11 Å². The van der Waals surface area contributed by atoms with Gasteiger partial charge in [0.15, 0.2) is 0 Å². The molecular weight excluding hydrogens is 242 g/mol. The zero-order valence-electron chi connectivity index (χ0n) is 12.4. The monoisotopic (exact) mass is 269 g/mol. The first kappa shape index (κ1) is 14.8. The minimum Gasteiger partial charge on any atom is -0.384 e. The first-order valence-electron chi connectivity index (χ1n) is 7.32. The van der Waals surface area contributed by atoms with Gasteiger partial charge < -0.3 is 15.0 Å². The molecule has 2 aliphatic heterocycles. The molecule has 0 aliphatic carbocycles. The van der Waals surface area contributed by atoms with Crippen molar-refractivity contribution >= 4 is 5.91 Å². The van der Waals surface area contributed by atoms with E-state index in [2.05, 4.69) is 24.1 Å². The lowest BCUT2D eigenvalue weighted by Crippen LogP contribution is -2.55. The number of piperazine rings is 1. The molecule has 0 aromatic rings. The third-order valence-corrected chi connectivity index (χ3v) is 4.45. The fourth-order valence-electron chi connectivity index (χ4n) is 3.16. The molecule has 0 spiro atoms. The molecule has 1 unspecified atom stereocenters. The molecule has 0 saturated carbocycles. The summed E-state index contributed by atoms with van der Waals surface area (Å²) in [7, 11) is 1.68. The fraction of sp³-hybridized carbons (Fsp3) is 0.929. The van der Waals surface area contributed by atoms with Gasteiger partial charge in [0.1, 0.15) is 0 Å². The predicted octanol–water partition coefficient (Wildman–Crippen LogP) is 0.165. The molecule has 0 aromatic heterocycles. The van der Waals surface area contributed by atoms with Crippen molar-refractivity contribution in [3.63, 3.8) is 0 Å². The Kier molecular flexibility index (Phi) is 4.81. The van der Waals surface area contributed by atoms with Crippen molar-refractivity contribution in [3.05, 3.63) is 0 Å². The molecular formula is C14H27N3O2. The number of hydrogen-bond donors (Lipinski definition) is 1. The molecule has 0 aromatic carbocycles. The average Bonchev–Trinajstić information content (AvgIpc) is 2.88. The maximum atomic E-state index is 12.8. The van der Waals surface area contributed by atoms with Crippen LogP contribution in [-0.2, 0) is 9.53 Å². The van der Waals surface area contributed by atoms with Crippen LogP contribution in [0.5, 0.6) is 0 Å². The molecule has 19 heavy (non-hydrogen) atoms. The third-order valence-electron chi connectivity index (χ3n) is 4.45. The van der Waals surface area contributed by atoms with Crippen LogP contribution in [0.2, 0.25) is 0 Å². The third kappa shape index (κ3) is 3.09. The smallest absolute Gasteiger partial charge is 0.232 e. The Morgan fingerprint density at radius 3 is 2.47 bits per heavy atom. The summed E-state index contributed by atoms with van der Waals surface area (Å²) in [6.45, 7) is 10.3. The Labute approximate surface area is 116 Å². The Hall–Kier alpha value is -0.650. The van der Waals surface area contributed by atoms with Crippen LogP contribution in [0.15, 0.2) is 0 Å². The number of ether oxygens (including phenoxy) is 1. The first-order valence-corrected chi connectivity index (χ1v) is 7.32. The van der Waals surface area contributed by atoms with Crippen molar-refractivity contribution < 1.29 is 9.53 Å². The topological polar surface area (TPSA) is 44.8 Å². The normalized spacial score (nSPS) is 29.2. The van der Waals surface area contributed by atoms with Gasteiger partial charge in [-0.15, -0.1) is 0 Å². The predicted molar refractivity (Wildman–Crippen MR) is 75.1 cm³/mol. The quantitative estimate of drug-likeness (QED) is 0.790. The fourth-order valence-corrected chi connectivity index (χ4v) is 3.16. The van der Waals surface area contributed by atoms with Crippen molar-refractivity contribution in [1.82, 2.24) is 15.1 Å². The number of hydrogen-bond acceptors (Lipinski definition) is 4. The molecule has 0 bridgehead atoms. The number of amides is 1.